The molecule has 3 rings (SSSR count). The van der Waals surface area contributed by atoms with Gasteiger partial charge in [0.25, 0.3) is 16.8 Å². The molecule has 0 atom stereocenters. The molecule has 0 spiro atoms. The molecule has 2 aromatic carbocycles. The van der Waals surface area contributed by atoms with Gasteiger partial charge in [-0.15, -0.1) is 0 Å². The Morgan fingerprint density at radius 2 is 1.90 bits per heavy atom. The molecule has 0 radical (unpaired) electrons. The molecule has 31 heavy (non-hydrogen) atoms. The Balaban J connectivity index is 1.60. The highest BCUT2D eigenvalue weighted by molar-refractivity contribution is 8.18. The number of imide groups is 1. The van der Waals surface area contributed by atoms with Crippen LogP contribution in [-0.2, 0) is 16.0 Å². The lowest BCUT2D eigenvalue weighted by molar-refractivity contribution is -0.384. The molecule has 8 nitrogen and oxygen atoms in total. The molecule has 0 aromatic heterocycles. The summed E-state index contributed by atoms with van der Waals surface area (Å²) in [5.41, 5.74) is 0.748. The van der Waals surface area contributed by atoms with Crippen molar-refractivity contribution in [2.24, 2.45) is 0 Å². The Morgan fingerprint density at radius 1 is 1.16 bits per heavy atom. The zero-order chi connectivity index (χ0) is 22.5. The van der Waals surface area contributed by atoms with Gasteiger partial charge in [0, 0.05) is 24.2 Å². The summed E-state index contributed by atoms with van der Waals surface area (Å²) in [4.78, 5) is 48.3. The summed E-state index contributed by atoms with van der Waals surface area (Å²) >= 11 is 12.5. The van der Waals surface area contributed by atoms with Gasteiger partial charge in [-0.25, -0.2) is 0 Å². The monoisotopic (exact) mass is 479 g/mol. The van der Waals surface area contributed by atoms with E-state index in [1.807, 2.05) is 0 Å². The van der Waals surface area contributed by atoms with Crippen LogP contribution in [0.5, 0.6) is 0 Å². The highest BCUT2D eigenvalue weighted by Crippen LogP contribution is 2.33. The van der Waals surface area contributed by atoms with Crippen molar-refractivity contribution in [3.8, 4) is 0 Å². The molecule has 0 bridgehead atoms. The second-order valence-electron chi connectivity index (χ2n) is 6.42. The van der Waals surface area contributed by atoms with E-state index in [0.717, 1.165) is 16.7 Å². The van der Waals surface area contributed by atoms with Gasteiger partial charge >= 0.3 is 0 Å². The minimum Gasteiger partial charge on any atom is -0.354 e. The zero-order valence-corrected chi connectivity index (χ0v) is 18.2. The number of carbonyl (C=O) groups excluding carboxylic acids is 3. The molecule has 1 aliphatic rings. The topological polar surface area (TPSA) is 110 Å². The van der Waals surface area contributed by atoms with Gasteiger partial charge in [-0.2, -0.15) is 0 Å². The molecule has 1 saturated heterocycles. The van der Waals surface area contributed by atoms with Crippen molar-refractivity contribution in [1.82, 2.24) is 10.2 Å². The second-order valence-corrected chi connectivity index (χ2v) is 8.23. The number of hydrogen-bond acceptors (Lipinski definition) is 6. The van der Waals surface area contributed by atoms with Gasteiger partial charge in [-0.3, -0.25) is 29.4 Å². The number of hydrogen-bond donors (Lipinski definition) is 1. The Labute approximate surface area is 191 Å². The Bertz CT molecular complexity index is 1110. The number of benzene rings is 2. The van der Waals surface area contributed by atoms with Crippen LogP contribution in [0.3, 0.4) is 0 Å². The average Bonchev–Trinajstić information content (AvgIpc) is 2.98. The molecule has 1 aliphatic heterocycles. The Morgan fingerprint density at radius 3 is 2.61 bits per heavy atom. The largest absolute Gasteiger partial charge is 0.354 e. The van der Waals surface area contributed by atoms with E-state index in [-0.39, 0.29) is 41.0 Å². The van der Waals surface area contributed by atoms with Gasteiger partial charge < -0.3 is 5.32 Å². The lowest BCUT2D eigenvalue weighted by Crippen LogP contribution is -2.37. The average molecular weight is 480 g/mol. The SMILES string of the molecule is O=C(Cc1ccccc1Cl)NCCN1C(=O)S/C(=C\c2ccc(Cl)c([N+](=O)[O-])c2)C1=O. The first kappa shape index (κ1) is 22.8. The third-order valence-electron chi connectivity index (χ3n) is 4.30. The van der Waals surface area contributed by atoms with Crippen LogP contribution in [0.4, 0.5) is 10.5 Å². The lowest BCUT2D eigenvalue weighted by atomic mass is 10.1. The number of nitrogens with zero attached hydrogens (tertiary/aromatic N) is 2. The van der Waals surface area contributed by atoms with E-state index in [1.165, 1.54) is 24.3 Å². The number of carbonyl (C=O) groups is 3. The second kappa shape index (κ2) is 9.95. The fourth-order valence-corrected chi connectivity index (χ4v) is 4.04. The van der Waals surface area contributed by atoms with Crippen molar-refractivity contribution in [2.45, 2.75) is 6.42 Å². The molecular formula is C20H15Cl2N3O5S. The number of nitrogens with one attached hydrogen (secondary N) is 1. The molecule has 1 N–H and O–H groups in total. The van der Waals surface area contributed by atoms with Crippen LogP contribution < -0.4 is 5.32 Å². The van der Waals surface area contributed by atoms with E-state index in [1.54, 1.807) is 24.3 Å². The molecule has 0 aliphatic carbocycles. The molecule has 0 unspecified atom stereocenters. The summed E-state index contributed by atoms with van der Waals surface area (Å²) < 4.78 is 0. The maximum Gasteiger partial charge on any atom is 0.293 e. The van der Waals surface area contributed by atoms with E-state index < -0.39 is 16.1 Å². The van der Waals surface area contributed by atoms with Crippen LogP contribution in [-0.4, -0.2) is 40.0 Å². The minimum absolute atomic E-state index is 0.00294. The van der Waals surface area contributed by atoms with Gasteiger partial charge in [-0.05, 0) is 41.1 Å². The molecule has 3 amide bonds. The van der Waals surface area contributed by atoms with Crippen LogP contribution in [0, 0.1) is 10.1 Å². The highest BCUT2D eigenvalue weighted by Gasteiger charge is 2.34. The van der Waals surface area contributed by atoms with E-state index in [2.05, 4.69) is 5.32 Å². The van der Waals surface area contributed by atoms with Crippen LogP contribution in [0.2, 0.25) is 10.0 Å². The fourth-order valence-electron chi connectivity index (χ4n) is 2.79. The maximum atomic E-state index is 12.5. The van der Waals surface area contributed by atoms with Crippen LogP contribution in [0.1, 0.15) is 11.1 Å². The van der Waals surface area contributed by atoms with Gasteiger partial charge in [0.1, 0.15) is 5.02 Å². The van der Waals surface area contributed by atoms with Crippen molar-refractivity contribution < 1.29 is 19.3 Å². The molecule has 2 aromatic rings. The minimum atomic E-state index is -0.628. The molecule has 160 valence electrons. The molecule has 0 saturated carbocycles. The third kappa shape index (κ3) is 5.63. The van der Waals surface area contributed by atoms with Crippen LogP contribution in [0.15, 0.2) is 47.4 Å². The number of thioether (sulfide) groups is 1. The first-order chi connectivity index (χ1) is 14.8. The van der Waals surface area contributed by atoms with E-state index in [9.17, 15) is 24.5 Å². The van der Waals surface area contributed by atoms with Crippen molar-refractivity contribution in [2.75, 3.05) is 13.1 Å². The summed E-state index contributed by atoms with van der Waals surface area (Å²) in [6, 6.07) is 11.1. The summed E-state index contributed by atoms with van der Waals surface area (Å²) in [6.45, 7) is 0.0814. The summed E-state index contributed by atoms with van der Waals surface area (Å²) in [5.74, 6) is -0.822. The van der Waals surface area contributed by atoms with Gasteiger partial charge in [0.2, 0.25) is 5.91 Å². The first-order valence-electron chi connectivity index (χ1n) is 8.95. The normalized spacial score (nSPS) is 14.9. The van der Waals surface area contributed by atoms with Crippen molar-refractivity contribution in [3.63, 3.8) is 0 Å². The highest BCUT2D eigenvalue weighted by atomic mass is 35.5. The van der Waals surface area contributed by atoms with Crippen molar-refractivity contribution >= 4 is 63.8 Å². The first-order valence-corrected chi connectivity index (χ1v) is 10.5. The smallest absolute Gasteiger partial charge is 0.293 e. The van der Waals surface area contributed by atoms with Gasteiger partial charge in [-0.1, -0.05) is 47.5 Å². The van der Waals surface area contributed by atoms with Crippen LogP contribution >= 0.6 is 35.0 Å². The van der Waals surface area contributed by atoms with Crippen molar-refractivity contribution in [3.05, 3.63) is 78.7 Å². The predicted octanol–water partition coefficient (Wildman–Crippen LogP) is 4.30. The third-order valence-corrected chi connectivity index (χ3v) is 5.90. The van der Waals surface area contributed by atoms with E-state index in [0.29, 0.717) is 16.1 Å². The van der Waals surface area contributed by atoms with Gasteiger partial charge in [0.15, 0.2) is 0 Å². The zero-order valence-electron chi connectivity index (χ0n) is 15.8. The molecule has 1 heterocycles. The molecule has 11 heteroatoms. The summed E-state index contributed by atoms with van der Waals surface area (Å²) in [5, 5.41) is 13.6. The quantitative estimate of drug-likeness (QED) is 0.360. The van der Waals surface area contributed by atoms with Crippen molar-refractivity contribution in [1.29, 1.82) is 0 Å². The summed E-state index contributed by atoms with van der Waals surface area (Å²) in [7, 11) is 0. The Hall–Kier alpha value is -2.88. The number of halogens is 2. The molecular weight excluding hydrogens is 465 g/mol. The number of nitro benzene ring substituents is 1. The number of nitro groups is 1. The van der Waals surface area contributed by atoms with Crippen LogP contribution in [0.25, 0.3) is 6.08 Å². The molecule has 1 fully saturated rings. The van der Waals surface area contributed by atoms with E-state index >= 15 is 0 Å². The van der Waals surface area contributed by atoms with Gasteiger partial charge in [0.05, 0.1) is 16.2 Å². The summed E-state index contributed by atoms with van der Waals surface area (Å²) in [6.07, 6.45) is 1.47. The number of amides is 3. The predicted molar refractivity (Wildman–Crippen MR) is 119 cm³/mol. The fraction of sp³-hybridized carbons (Fsp3) is 0.150. The lowest BCUT2D eigenvalue weighted by Gasteiger charge is -2.13. The maximum absolute atomic E-state index is 12.5. The number of rotatable bonds is 7. The standard InChI is InChI=1S/C20H15Cl2N3O5S/c21-14-4-2-1-3-13(14)11-18(26)23-7-8-24-19(27)17(31-20(24)28)10-12-5-6-15(22)16(9-12)25(29)30/h1-6,9-10H,7-8,11H2,(H,23,26)/b17-10-. The Kier molecular flexibility index (Phi) is 7.32. The van der Waals surface area contributed by atoms with E-state index in [4.69, 9.17) is 23.2 Å².